The summed E-state index contributed by atoms with van der Waals surface area (Å²) >= 11 is 0. The van der Waals surface area contributed by atoms with Crippen molar-refractivity contribution >= 4 is 22.6 Å². The Morgan fingerprint density at radius 2 is 1.87 bits per heavy atom. The molecule has 2 heterocycles. The normalized spacial score (nSPS) is 18.3. The number of aromatic nitrogens is 4. The minimum atomic E-state index is -0.638. The largest absolute Gasteiger partial charge is 0.393 e. The van der Waals surface area contributed by atoms with Gasteiger partial charge in [0.15, 0.2) is 5.82 Å². The van der Waals surface area contributed by atoms with Crippen LogP contribution in [0.25, 0.3) is 33.5 Å². The molecule has 0 bridgehead atoms. The average molecular weight is 400 g/mol. The van der Waals surface area contributed by atoms with E-state index < -0.39 is 5.91 Å². The second-order valence-electron chi connectivity index (χ2n) is 7.53. The van der Waals surface area contributed by atoms with Gasteiger partial charge in [0.2, 0.25) is 0 Å². The Labute approximate surface area is 172 Å². The first-order valence-corrected chi connectivity index (χ1v) is 9.69. The van der Waals surface area contributed by atoms with Crippen molar-refractivity contribution in [3.05, 3.63) is 60.3 Å². The molecule has 1 saturated carbocycles. The van der Waals surface area contributed by atoms with Gasteiger partial charge in [-0.3, -0.25) is 4.79 Å². The number of aliphatic hydroxyl groups is 1. The van der Waals surface area contributed by atoms with Gasteiger partial charge in [0, 0.05) is 22.7 Å². The number of aliphatic hydroxyl groups excluding tert-OH is 1. The van der Waals surface area contributed by atoms with Crippen LogP contribution < -0.4 is 11.5 Å². The van der Waals surface area contributed by atoms with Crippen molar-refractivity contribution in [2.75, 3.05) is 5.73 Å². The highest BCUT2D eigenvalue weighted by Crippen LogP contribution is 2.37. The molecule has 0 unspecified atom stereocenters. The zero-order valence-corrected chi connectivity index (χ0v) is 16.1. The number of amides is 1. The third kappa shape index (κ3) is 2.98. The van der Waals surface area contributed by atoms with Crippen LogP contribution in [0.4, 0.5) is 5.82 Å². The summed E-state index contributed by atoms with van der Waals surface area (Å²) in [5.41, 5.74) is 14.8. The Morgan fingerprint density at radius 1 is 1.10 bits per heavy atom. The fraction of sp³-hybridized carbons (Fsp3) is 0.182. The topological polar surface area (TPSA) is 133 Å². The molecular weight excluding hydrogens is 380 g/mol. The first-order chi connectivity index (χ1) is 14.5. The number of benzene rings is 2. The number of primary amides is 1. The van der Waals surface area contributed by atoms with Crippen molar-refractivity contribution in [1.29, 1.82) is 0 Å². The summed E-state index contributed by atoms with van der Waals surface area (Å²) in [4.78, 5) is 21.3. The quantitative estimate of drug-likeness (QED) is 0.482. The minimum absolute atomic E-state index is 0.0423. The van der Waals surface area contributed by atoms with E-state index in [0.29, 0.717) is 29.9 Å². The SMILES string of the molecule is NC(=O)c1c(-c2ccc3cnc(-c4ccccc4)nc3c2)nn(C2CC(O)C2)c1N. The van der Waals surface area contributed by atoms with Crippen LogP contribution in [0.3, 0.4) is 0 Å². The van der Waals surface area contributed by atoms with Gasteiger partial charge in [0.1, 0.15) is 17.1 Å². The van der Waals surface area contributed by atoms with Crippen LogP contribution in [0.1, 0.15) is 29.2 Å². The molecule has 8 nitrogen and oxygen atoms in total. The van der Waals surface area contributed by atoms with Crippen LogP contribution in [0.15, 0.2) is 54.7 Å². The smallest absolute Gasteiger partial charge is 0.254 e. The van der Waals surface area contributed by atoms with Gasteiger partial charge in [-0.15, -0.1) is 0 Å². The van der Waals surface area contributed by atoms with E-state index in [9.17, 15) is 9.90 Å². The summed E-state index contributed by atoms with van der Waals surface area (Å²) in [6, 6.07) is 15.3. The van der Waals surface area contributed by atoms with Crippen molar-refractivity contribution in [3.63, 3.8) is 0 Å². The van der Waals surface area contributed by atoms with Crippen molar-refractivity contribution in [2.45, 2.75) is 25.0 Å². The van der Waals surface area contributed by atoms with Crippen LogP contribution in [-0.2, 0) is 0 Å². The Bertz CT molecular complexity index is 1260. The maximum Gasteiger partial charge on any atom is 0.254 e. The summed E-state index contributed by atoms with van der Waals surface area (Å²) in [5.74, 6) is 0.201. The van der Waals surface area contributed by atoms with Crippen molar-refractivity contribution in [2.24, 2.45) is 5.73 Å². The highest BCUT2D eigenvalue weighted by atomic mass is 16.3. The second-order valence-corrected chi connectivity index (χ2v) is 7.53. The Balaban J connectivity index is 1.62. The molecular formula is C22H20N6O2. The maximum atomic E-state index is 12.1. The monoisotopic (exact) mass is 400 g/mol. The van der Waals surface area contributed by atoms with E-state index in [1.807, 2.05) is 48.5 Å². The van der Waals surface area contributed by atoms with Gasteiger partial charge in [0.25, 0.3) is 5.91 Å². The van der Waals surface area contributed by atoms with E-state index in [1.165, 1.54) is 0 Å². The lowest BCUT2D eigenvalue weighted by Gasteiger charge is -2.32. The summed E-state index contributed by atoms with van der Waals surface area (Å²) in [6.07, 6.45) is 2.50. The lowest BCUT2D eigenvalue weighted by molar-refractivity contribution is 0.0445. The van der Waals surface area contributed by atoms with Gasteiger partial charge in [-0.1, -0.05) is 42.5 Å². The first kappa shape index (κ1) is 18.3. The molecule has 8 heteroatoms. The molecule has 1 aliphatic carbocycles. The van der Waals surface area contributed by atoms with Gasteiger partial charge in [-0.25, -0.2) is 14.6 Å². The van der Waals surface area contributed by atoms with E-state index in [-0.39, 0.29) is 23.5 Å². The van der Waals surface area contributed by atoms with Gasteiger partial charge >= 0.3 is 0 Å². The number of nitrogens with zero attached hydrogens (tertiary/aromatic N) is 4. The standard InChI is InChI=1S/C22H20N6O2/c23-20-18(21(24)30)19(27-28(20)15-9-16(29)10-15)13-6-7-14-11-25-22(26-17(14)8-13)12-4-2-1-3-5-12/h1-8,11,15-16,29H,9-10,23H2,(H2,24,30). The number of nitrogens with two attached hydrogens (primary N) is 2. The highest BCUT2D eigenvalue weighted by molar-refractivity contribution is 6.04. The molecule has 5 N–H and O–H groups in total. The lowest BCUT2D eigenvalue weighted by Crippen LogP contribution is -2.32. The van der Waals surface area contributed by atoms with Crippen LogP contribution in [0.5, 0.6) is 0 Å². The van der Waals surface area contributed by atoms with Crippen LogP contribution in [0.2, 0.25) is 0 Å². The number of carbonyl (C=O) groups excluding carboxylic acids is 1. The van der Waals surface area contributed by atoms with Gasteiger partial charge in [0.05, 0.1) is 17.7 Å². The van der Waals surface area contributed by atoms with Crippen molar-refractivity contribution < 1.29 is 9.90 Å². The van der Waals surface area contributed by atoms with Gasteiger partial charge < -0.3 is 16.6 Å². The van der Waals surface area contributed by atoms with Crippen molar-refractivity contribution in [1.82, 2.24) is 19.7 Å². The molecule has 0 radical (unpaired) electrons. The van der Waals surface area contributed by atoms with E-state index in [2.05, 4.69) is 15.1 Å². The summed E-state index contributed by atoms with van der Waals surface area (Å²) in [6.45, 7) is 0. The second kappa shape index (κ2) is 6.93. The third-order valence-electron chi connectivity index (χ3n) is 5.52. The predicted octanol–water partition coefficient (Wildman–Crippen LogP) is 2.54. The van der Waals surface area contributed by atoms with E-state index in [0.717, 1.165) is 16.5 Å². The molecule has 0 atom stereocenters. The number of hydrogen-bond donors (Lipinski definition) is 3. The highest BCUT2D eigenvalue weighted by Gasteiger charge is 2.33. The van der Waals surface area contributed by atoms with E-state index in [4.69, 9.17) is 11.5 Å². The fourth-order valence-electron chi connectivity index (χ4n) is 3.83. The van der Waals surface area contributed by atoms with E-state index >= 15 is 0 Å². The van der Waals surface area contributed by atoms with Crippen LogP contribution >= 0.6 is 0 Å². The summed E-state index contributed by atoms with van der Waals surface area (Å²) in [5, 5.41) is 15.1. The Morgan fingerprint density at radius 3 is 2.57 bits per heavy atom. The summed E-state index contributed by atoms with van der Waals surface area (Å²) in [7, 11) is 0. The number of anilines is 1. The summed E-state index contributed by atoms with van der Waals surface area (Å²) < 4.78 is 1.60. The number of hydrogen-bond acceptors (Lipinski definition) is 6. The minimum Gasteiger partial charge on any atom is -0.393 e. The van der Waals surface area contributed by atoms with Crippen molar-refractivity contribution in [3.8, 4) is 22.6 Å². The molecule has 0 saturated heterocycles. The lowest BCUT2D eigenvalue weighted by atomic mass is 9.90. The molecule has 1 fully saturated rings. The van der Waals surface area contributed by atoms with Gasteiger partial charge in [-0.2, -0.15) is 5.10 Å². The third-order valence-corrected chi connectivity index (χ3v) is 5.52. The zero-order valence-electron chi connectivity index (χ0n) is 16.1. The first-order valence-electron chi connectivity index (χ1n) is 9.69. The number of nitrogen functional groups attached to an aromatic ring is 1. The Hall–Kier alpha value is -3.78. The Kier molecular flexibility index (Phi) is 4.22. The molecule has 5 rings (SSSR count). The van der Waals surface area contributed by atoms with Crippen LogP contribution in [-0.4, -0.2) is 36.9 Å². The van der Waals surface area contributed by atoms with Crippen LogP contribution in [0, 0.1) is 0 Å². The van der Waals surface area contributed by atoms with Gasteiger partial charge in [-0.05, 0) is 18.9 Å². The fourth-order valence-corrected chi connectivity index (χ4v) is 3.83. The predicted molar refractivity (Wildman–Crippen MR) is 113 cm³/mol. The molecule has 2 aromatic carbocycles. The average Bonchev–Trinajstić information content (AvgIpc) is 3.08. The zero-order chi connectivity index (χ0) is 20.8. The molecule has 4 aromatic rings. The molecule has 150 valence electrons. The maximum absolute atomic E-state index is 12.1. The number of carbonyl (C=O) groups is 1. The molecule has 1 amide bonds. The molecule has 0 spiro atoms. The number of fused-ring (bicyclic) bond motifs is 1. The van der Waals surface area contributed by atoms with E-state index in [1.54, 1.807) is 10.9 Å². The number of rotatable bonds is 4. The molecule has 1 aliphatic rings. The molecule has 30 heavy (non-hydrogen) atoms. The molecule has 2 aromatic heterocycles. The molecule has 0 aliphatic heterocycles.